The van der Waals surface area contributed by atoms with Gasteiger partial charge in [0.2, 0.25) is 10.0 Å². The summed E-state index contributed by atoms with van der Waals surface area (Å²) in [7, 11) is -3.94. The van der Waals surface area contributed by atoms with E-state index in [0.717, 1.165) is 18.2 Å². The quantitative estimate of drug-likeness (QED) is 0.718. The molecule has 7 nitrogen and oxygen atoms in total. The summed E-state index contributed by atoms with van der Waals surface area (Å²) in [6, 6.07) is 8.03. The van der Waals surface area contributed by atoms with Crippen LogP contribution in [0, 0.1) is 0 Å². The highest BCUT2D eigenvalue weighted by molar-refractivity contribution is 7.89. The molecule has 1 saturated heterocycles. The Balaban J connectivity index is 1.91. The van der Waals surface area contributed by atoms with Gasteiger partial charge in [-0.15, -0.1) is 0 Å². The monoisotopic (exact) mass is 458 g/mol. The number of benzene rings is 2. The molecule has 168 valence electrons. The van der Waals surface area contributed by atoms with Gasteiger partial charge < -0.3 is 14.8 Å². The van der Waals surface area contributed by atoms with E-state index in [-0.39, 0.29) is 54.8 Å². The number of hydrogen-bond acceptors (Lipinski definition) is 5. The molecule has 0 aliphatic carbocycles. The van der Waals surface area contributed by atoms with E-state index in [4.69, 9.17) is 9.47 Å². The largest absolute Gasteiger partial charge is 0.492 e. The van der Waals surface area contributed by atoms with Gasteiger partial charge in [-0.3, -0.25) is 4.79 Å². The van der Waals surface area contributed by atoms with Gasteiger partial charge in [-0.05, 0) is 43.3 Å². The summed E-state index contributed by atoms with van der Waals surface area (Å²) < 4.78 is 76.8. The number of ether oxygens (including phenoxy) is 2. The van der Waals surface area contributed by atoms with Gasteiger partial charge >= 0.3 is 6.18 Å². The number of rotatable bonds is 6. The molecule has 31 heavy (non-hydrogen) atoms. The highest BCUT2D eigenvalue weighted by Gasteiger charge is 2.32. The number of halogens is 3. The van der Waals surface area contributed by atoms with Crippen molar-refractivity contribution in [2.24, 2.45) is 0 Å². The molecule has 0 unspecified atom stereocenters. The maximum absolute atomic E-state index is 13.1. The van der Waals surface area contributed by atoms with Crippen LogP contribution in [0.3, 0.4) is 0 Å². The van der Waals surface area contributed by atoms with Crippen molar-refractivity contribution in [1.82, 2.24) is 4.31 Å². The van der Waals surface area contributed by atoms with Crippen LogP contribution in [0.5, 0.6) is 5.75 Å². The fraction of sp³-hybridized carbons (Fsp3) is 0.350. The second kappa shape index (κ2) is 9.25. The van der Waals surface area contributed by atoms with E-state index in [1.165, 1.54) is 28.6 Å². The molecule has 1 heterocycles. The smallest absolute Gasteiger partial charge is 0.416 e. The van der Waals surface area contributed by atoms with Gasteiger partial charge in [0.15, 0.2) is 0 Å². The maximum atomic E-state index is 13.1. The summed E-state index contributed by atoms with van der Waals surface area (Å²) in [6.45, 7) is 2.80. The molecule has 1 amide bonds. The zero-order chi connectivity index (χ0) is 22.6. The zero-order valence-electron chi connectivity index (χ0n) is 16.6. The predicted molar refractivity (Wildman–Crippen MR) is 107 cm³/mol. The van der Waals surface area contributed by atoms with Crippen LogP contribution in [0.4, 0.5) is 18.9 Å². The Hall–Kier alpha value is -2.63. The topological polar surface area (TPSA) is 84.9 Å². The van der Waals surface area contributed by atoms with E-state index in [1.807, 2.05) is 0 Å². The third-order valence-corrected chi connectivity index (χ3v) is 6.46. The Morgan fingerprint density at radius 3 is 2.52 bits per heavy atom. The lowest BCUT2D eigenvalue weighted by molar-refractivity contribution is -0.137. The normalized spacial score (nSPS) is 15.5. The average molecular weight is 458 g/mol. The van der Waals surface area contributed by atoms with E-state index in [1.54, 1.807) is 6.92 Å². The van der Waals surface area contributed by atoms with E-state index in [0.29, 0.717) is 0 Å². The van der Waals surface area contributed by atoms with Crippen molar-refractivity contribution in [2.75, 3.05) is 38.2 Å². The number of nitrogens with one attached hydrogen (secondary N) is 1. The van der Waals surface area contributed by atoms with Crippen LogP contribution < -0.4 is 10.1 Å². The van der Waals surface area contributed by atoms with Crippen LogP contribution in [0.25, 0.3) is 0 Å². The summed E-state index contributed by atoms with van der Waals surface area (Å²) >= 11 is 0. The Morgan fingerprint density at radius 1 is 1.16 bits per heavy atom. The second-order valence-electron chi connectivity index (χ2n) is 6.64. The lowest BCUT2D eigenvalue weighted by atomic mass is 10.1. The third kappa shape index (κ3) is 5.35. The van der Waals surface area contributed by atoms with Gasteiger partial charge in [-0.1, -0.05) is 6.07 Å². The molecule has 2 aromatic rings. The second-order valence-corrected chi connectivity index (χ2v) is 8.55. The van der Waals surface area contributed by atoms with Crippen molar-refractivity contribution >= 4 is 21.6 Å². The first-order valence-electron chi connectivity index (χ1n) is 9.46. The maximum Gasteiger partial charge on any atom is 0.416 e. The van der Waals surface area contributed by atoms with Crippen molar-refractivity contribution in [3.63, 3.8) is 0 Å². The minimum absolute atomic E-state index is 0.109. The number of anilines is 1. The highest BCUT2D eigenvalue weighted by Crippen LogP contribution is 2.32. The summed E-state index contributed by atoms with van der Waals surface area (Å²) in [5.41, 5.74) is -1.05. The fourth-order valence-corrected chi connectivity index (χ4v) is 4.59. The summed E-state index contributed by atoms with van der Waals surface area (Å²) in [4.78, 5) is 12.3. The van der Waals surface area contributed by atoms with Crippen LogP contribution >= 0.6 is 0 Å². The molecule has 0 saturated carbocycles. The number of sulfonamides is 1. The SMILES string of the molecule is CCOc1ccc(NC(=O)c2cccc(C(F)(F)F)c2)cc1S(=O)(=O)N1CCOCC1. The van der Waals surface area contributed by atoms with Crippen molar-refractivity contribution in [2.45, 2.75) is 18.0 Å². The Bertz CT molecular complexity index is 1050. The Kier molecular flexibility index (Phi) is 6.87. The minimum atomic E-state index is -4.59. The molecule has 0 radical (unpaired) electrons. The van der Waals surface area contributed by atoms with Crippen molar-refractivity contribution in [1.29, 1.82) is 0 Å². The predicted octanol–water partition coefficient (Wildman–Crippen LogP) is 3.38. The number of carbonyl (C=O) groups is 1. The Labute approximate surface area is 177 Å². The fourth-order valence-electron chi connectivity index (χ4n) is 3.03. The minimum Gasteiger partial charge on any atom is -0.492 e. The number of amides is 1. The van der Waals surface area contributed by atoms with Crippen LogP contribution in [0.2, 0.25) is 0 Å². The van der Waals surface area contributed by atoms with Gasteiger partial charge in [-0.25, -0.2) is 8.42 Å². The van der Waals surface area contributed by atoms with Gasteiger partial charge in [0.05, 0.1) is 25.4 Å². The zero-order valence-corrected chi connectivity index (χ0v) is 17.4. The van der Waals surface area contributed by atoms with Crippen molar-refractivity contribution in [3.05, 3.63) is 53.6 Å². The van der Waals surface area contributed by atoms with Crippen molar-refractivity contribution < 1.29 is 35.9 Å². The first-order chi connectivity index (χ1) is 14.6. The highest BCUT2D eigenvalue weighted by atomic mass is 32.2. The van der Waals surface area contributed by atoms with E-state index < -0.39 is 27.7 Å². The molecule has 0 spiro atoms. The van der Waals surface area contributed by atoms with E-state index in [2.05, 4.69) is 5.32 Å². The first-order valence-corrected chi connectivity index (χ1v) is 10.9. The van der Waals surface area contributed by atoms with Crippen molar-refractivity contribution in [3.8, 4) is 5.75 Å². The van der Waals surface area contributed by atoms with Gasteiger partial charge in [0, 0.05) is 24.3 Å². The van der Waals surface area contributed by atoms with Crippen LogP contribution in [-0.2, 0) is 20.9 Å². The van der Waals surface area contributed by atoms with Crippen LogP contribution in [-0.4, -0.2) is 51.5 Å². The van der Waals surface area contributed by atoms with Gasteiger partial charge in [-0.2, -0.15) is 17.5 Å². The van der Waals surface area contributed by atoms with E-state index in [9.17, 15) is 26.4 Å². The molecule has 1 aliphatic rings. The summed E-state index contributed by atoms with van der Waals surface area (Å²) in [5.74, 6) is -0.684. The van der Waals surface area contributed by atoms with Crippen LogP contribution in [0.15, 0.2) is 47.4 Å². The summed E-state index contributed by atoms with van der Waals surface area (Å²) in [6.07, 6.45) is -4.59. The molecule has 1 N–H and O–H groups in total. The molecule has 0 aromatic heterocycles. The van der Waals surface area contributed by atoms with Crippen LogP contribution in [0.1, 0.15) is 22.8 Å². The molecule has 2 aromatic carbocycles. The molecule has 1 fully saturated rings. The Morgan fingerprint density at radius 2 is 1.87 bits per heavy atom. The van der Waals surface area contributed by atoms with Gasteiger partial charge in [0.25, 0.3) is 5.91 Å². The number of carbonyl (C=O) groups excluding carboxylic acids is 1. The molecular formula is C20H21F3N2O5S. The average Bonchev–Trinajstić information content (AvgIpc) is 2.75. The number of hydrogen-bond donors (Lipinski definition) is 1. The molecule has 11 heteroatoms. The number of nitrogens with zero attached hydrogens (tertiary/aromatic N) is 1. The van der Waals surface area contributed by atoms with E-state index >= 15 is 0 Å². The number of alkyl halides is 3. The lowest BCUT2D eigenvalue weighted by Gasteiger charge is -2.27. The first kappa shape index (κ1) is 23.0. The third-order valence-electron chi connectivity index (χ3n) is 4.54. The summed E-state index contributed by atoms with van der Waals surface area (Å²) in [5, 5.41) is 2.45. The number of morpholine rings is 1. The molecule has 1 aliphatic heterocycles. The molecular weight excluding hydrogens is 437 g/mol. The lowest BCUT2D eigenvalue weighted by Crippen LogP contribution is -2.40. The standard InChI is InChI=1S/C20H21F3N2O5S/c1-2-30-17-7-6-16(13-18(17)31(27,28)25-8-10-29-11-9-25)24-19(26)14-4-3-5-15(12-14)20(21,22)23/h3-7,12-13H,2,8-11H2,1H3,(H,24,26). The molecule has 0 bridgehead atoms. The molecule has 0 atom stereocenters. The molecule has 3 rings (SSSR count). The van der Waals surface area contributed by atoms with Gasteiger partial charge in [0.1, 0.15) is 10.6 Å².